The molecule has 0 radical (unpaired) electrons. The van der Waals surface area contributed by atoms with Gasteiger partial charge in [0.05, 0.1) is 29.5 Å². The molecule has 1 aromatic carbocycles. The number of H-pyrrole nitrogens is 1. The van der Waals surface area contributed by atoms with Gasteiger partial charge in [-0.2, -0.15) is 8.42 Å². The molecule has 1 atom stereocenters. The maximum Gasteiger partial charge on any atom is 0.265 e. The predicted octanol–water partition coefficient (Wildman–Crippen LogP) is 2.90. The molecule has 0 aliphatic heterocycles. The summed E-state index contributed by atoms with van der Waals surface area (Å²) in [5.41, 5.74) is 3.90. The zero-order valence-electron chi connectivity index (χ0n) is 15.2. The van der Waals surface area contributed by atoms with Gasteiger partial charge in [-0.05, 0) is 19.1 Å². The fourth-order valence-electron chi connectivity index (χ4n) is 3.67. The number of aromatic nitrogens is 3. The SMILES string of the molecule is Cc1[nH]cnc1/C=C1/CC(OS(C)(=O)=O)c2c(c3ccccc3n2C)C1=O. The van der Waals surface area contributed by atoms with Crippen molar-refractivity contribution in [2.75, 3.05) is 6.26 Å². The quantitative estimate of drug-likeness (QED) is 0.553. The van der Waals surface area contributed by atoms with Gasteiger partial charge in [0.15, 0.2) is 5.78 Å². The van der Waals surface area contributed by atoms with Gasteiger partial charge < -0.3 is 9.55 Å². The molecule has 8 heteroatoms. The van der Waals surface area contributed by atoms with Crippen LogP contribution in [0.25, 0.3) is 17.0 Å². The first kappa shape index (κ1) is 17.7. The molecule has 4 rings (SSSR count). The molecule has 0 saturated heterocycles. The van der Waals surface area contributed by atoms with E-state index in [1.807, 2.05) is 42.8 Å². The highest BCUT2D eigenvalue weighted by Crippen LogP contribution is 2.41. The molecule has 1 N–H and O–H groups in total. The lowest BCUT2D eigenvalue weighted by molar-refractivity contribution is 0.0992. The number of para-hydroxylation sites is 1. The van der Waals surface area contributed by atoms with E-state index in [2.05, 4.69) is 9.97 Å². The van der Waals surface area contributed by atoms with Crippen LogP contribution in [-0.4, -0.2) is 35.0 Å². The minimum Gasteiger partial charge on any atom is -0.348 e. The summed E-state index contributed by atoms with van der Waals surface area (Å²) in [4.78, 5) is 20.5. The molecule has 27 heavy (non-hydrogen) atoms. The van der Waals surface area contributed by atoms with Gasteiger partial charge in [-0.15, -0.1) is 0 Å². The molecular formula is C19H19N3O4S. The molecule has 0 fully saturated rings. The molecule has 2 aromatic heterocycles. The number of fused-ring (bicyclic) bond motifs is 3. The van der Waals surface area contributed by atoms with Crippen LogP contribution in [0.4, 0.5) is 0 Å². The standard InChI is InChI=1S/C19H19N3O4S/c1-11-14(21-10-20-11)8-12-9-16(26-27(3,24)25)18-17(19(12)23)13-6-4-5-7-15(13)22(18)2/h4-8,10,16H,9H2,1-3H3,(H,20,21)/b12-8-. The van der Waals surface area contributed by atoms with Crippen LogP contribution in [0, 0.1) is 6.92 Å². The lowest BCUT2D eigenvalue weighted by Gasteiger charge is -2.25. The molecule has 1 aliphatic rings. The van der Waals surface area contributed by atoms with Crippen LogP contribution in [0.2, 0.25) is 0 Å². The molecule has 2 heterocycles. The molecule has 7 nitrogen and oxygen atoms in total. The zero-order valence-corrected chi connectivity index (χ0v) is 16.0. The second-order valence-electron chi connectivity index (χ2n) is 6.74. The van der Waals surface area contributed by atoms with E-state index in [0.29, 0.717) is 22.5 Å². The van der Waals surface area contributed by atoms with Crippen molar-refractivity contribution in [1.82, 2.24) is 14.5 Å². The Morgan fingerprint density at radius 2 is 2.07 bits per heavy atom. The first-order chi connectivity index (χ1) is 12.8. The number of hydrogen-bond donors (Lipinski definition) is 1. The second-order valence-corrected chi connectivity index (χ2v) is 8.34. The van der Waals surface area contributed by atoms with Crippen molar-refractivity contribution in [2.24, 2.45) is 7.05 Å². The average Bonchev–Trinajstić information content (AvgIpc) is 3.13. The Morgan fingerprint density at radius 1 is 1.33 bits per heavy atom. The molecule has 0 spiro atoms. The predicted molar refractivity (Wildman–Crippen MR) is 102 cm³/mol. The van der Waals surface area contributed by atoms with Crippen LogP contribution in [0.3, 0.4) is 0 Å². The summed E-state index contributed by atoms with van der Waals surface area (Å²) in [6, 6.07) is 7.51. The molecule has 1 unspecified atom stereocenters. The third-order valence-corrected chi connectivity index (χ3v) is 5.43. The topological polar surface area (TPSA) is 94.0 Å². The van der Waals surface area contributed by atoms with Gasteiger partial charge in [-0.3, -0.25) is 8.98 Å². The first-order valence-electron chi connectivity index (χ1n) is 8.47. The van der Waals surface area contributed by atoms with Crippen LogP contribution in [-0.2, 0) is 21.3 Å². The van der Waals surface area contributed by atoms with Gasteiger partial charge in [0.2, 0.25) is 0 Å². The van der Waals surface area contributed by atoms with Crippen LogP contribution in [0.1, 0.15) is 40.0 Å². The zero-order chi connectivity index (χ0) is 19.3. The number of rotatable bonds is 3. The third kappa shape index (κ3) is 3.00. The van der Waals surface area contributed by atoms with Gasteiger partial charge in [0.1, 0.15) is 6.10 Å². The van der Waals surface area contributed by atoms with E-state index < -0.39 is 16.2 Å². The second kappa shape index (κ2) is 6.17. The normalized spacial score (nSPS) is 19.0. The minimum atomic E-state index is -3.71. The Kier molecular flexibility index (Phi) is 4.05. The van der Waals surface area contributed by atoms with Crippen molar-refractivity contribution >= 4 is 32.9 Å². The van der Waals surface area contributed by atoms with Gasteiger partial charge in [-0.25, -0.2) is 4.98 Å². The number of hydrogen-bond acceptors (Lipinski definition) is 5. The van der Waals surface area contributed by atoms with Gasteiger partial charge in [0.25, 0.3) is 10.1 Å². The van der Waals surface area contributed by atoms with E-state index in [1.54, 1.807) is 12.4 Å². The monoisotopic (exact) mass is 385 g/mol. The summed E-state index contributed by atoms with van der Waals surface area (Å²) in [5, 5.41) is 0.784. The van der Waals surface area contributed by atoms with E-state index in [9.17, 15) is 13.2 Å². The maximum atomic E-state index is 13.3. The Balaban J connectivity index is 1.95. The molecule has 3 aromatic rings. The highest BCUT2D eigenvalue weighted by Gasteiger charge is 2.37. The van der Waals surface area contributed by atoms with E-state index in [0.717, 1.165) is 22.9 Å². The summed E-state index contributed by atoms with van der Waals surface area (Å²) in [5.74, 6) is -0.127. The smallest absolute Gasteiger partial charge is 0.265 e. The molecular weight excluding hydrogens is 366 g/mol. The number of imidazole rings is 1. The van der Waals surface area contributed by atoms with Gasteiger partial charge in [-0.1, -0.05) is 18.2 Å². The number of nitrogens with zero attached hydrogens (tertiary/aromatic N) is 2. The van der Waals surface area contributed by atoms with E-state index in [1.165, 1.54) is 0 Å². The number of aryl methyl sites for hydroxylation is 2. The van der Waals surface area contributed by atoms with Crippen LogP contribution >= 0.6 is 0 Å². The number of aromatic amines is 1. The van der Waals surface area contributed by atoms with Crippen molar-refractivity contribution in [3.63, 3.8) is 0 Å². The third-order valence-electron chi connectivity index (χ3n) is 4.85. The fraction of sp³-hybridized carbons (Fsp3) is 0.263. The summed E-state index contributed by atoms with van der Waals surface area (Å²) in [6.45, 7) is 1.86. The maximum absolute atomic E-state index is 13.3. The number of benzene rings is 1. The fourth-order valence-corrected chi connectivity index (χ4v) is 4.25. The number of carbonyl (C=O) groups excluding carboxylic acids is 1. The minimum absolute atomic E-state index is 0.127. The van der Waals surface area contributed by atoms with Gasteiger partial charge in [0, 0.05) is 35.6 Å². The van der Waals surface area contributed by atoms with Crippen LogP contribution < -0.4 is 0 Å². The van der Waals surface area contributed by atoms with Crippen molar-refractivity contribution in [3.8, 4) is 0 Å². The molecule has 0 amide bonds. The summed E-state index contributed by atoms with van der Waals surface area (Å²) in [6.07, 6.45) is 3.68. The van der Waals surface area contributed by atoms with Crippen molar-refractivity contribution in [2.45, 2.75) is 19.4 Å². The molecule has 0 bridgehead atoms. The number of carbonyl (C=O) groups is 1. The first-order valence-corrected chi connectivity index (χ1v) is 10.3. The van der Waals surface area contributed by atoms with Crippen molar-refractivity contribution in [3.05, 3.63) is 58.8 Å². The Bertz CT molecular complexity index is 1200. The summed E-state index contributed by atoms with van der Waals surface area (Å²) >= 11 is 0. The Hall–Kier alpha value is -2.71. The lowest BCUT2D eigenvalue weighted by Crippen LogP contribution is -2.23. The van der Waals surface area contributed by atoms with E-state index in [-0.39, 0.29) is 12.2 Å². The van der Waals surface area contributed by atoms with E-state index >= 15 is 0 Å². The number of nitrogens with one attached hydrogen (secondary N) is 1. The van der Waals surface area contributed by atoms with Crippen LogP contribution in [0.15, 0.2) is 36.2 Å². The lowest BCUT2D eigenvalue weighted by atomic mass is 9.87. The summed E-state index contributed by atoms with van der Waals surface area (Å²) in [7, 11) is -1.89. The molecule has 0 saturated carbocycles. The number of ketones is 1. The van der Waals surface area contributed by atoms with Crippen LogP contribution in [0.5, 0.6) is 0 Å². The highest BCUT2D eigenvalue weighted by atomic mass is 32.2. The highest BCUT2D eigenvalue weighted by molar-refractivity contribution is 7.86. The average molecular weight is 385 g/mol. The Morgan fingerprint density at radius 3 is 2.74 bits per heavy atom. The van der Waals surface area contributed by atoms with Crippen molar-refractivity contribution < 1.29 is 17.4 Å². The Labute approximate surface area is 156 Å². The summed E-state index contributed by atoms with van der Waals surface area (Å²) < 4.78 is 30.9. The van der Waals surface area contributed by atoms with E-state index in [4.69, 9.17) is 4.18 Å². The van der Waals surface area contributed by atoms with Gasteiger partial charge >= 0.3 is 0 Å². The molecule has 140 valence electrons. The number of Topliss-reactive ketones (excluding diaryl/α,β-unsaturated/α-hetero) is 1. The largest absolute Gasteiger partial charge is 0.348 e. The molecule has 1 aliphatic carbocycles. The van der Waals surface area contributed by atoms with Crippen molar-refractivity contribution in [1.29, 1.82) is 0 Å².